The molecule has 17 heavy (non-hydrogen) atoms. The average molecular weight is 297 g/mol. The van der Waals surface area contributed by atoms with E-state index in [-0.39, 0.29) is 0 Å². The number of phenolic OH excluding ortho intramolecular Hbond substituents is 1. The molecule has 0 bridgehead atoms. The summed E-state index contributed by atoms with van der Waals surface area (Å²) in [6.07, 6.45) is 8.07. The average Bonchev–Trinajstić information content (AvgIpc) is 2.34. The summed E-state index contributed by atoms with van der Waals surface area (Å²) < 4.78 is 0.825. The Hall–Kier alpha value is -0.500. The van der Waals surface area contributed by atoms with Crippen LogP contribution in [0.3, 0.4) is 0 Å². The molecule has 0 atom stereocenters. The van der Waals surface area contributed by atoms with Crippen LogP contribution in [0.15, 0.2) is 22.7 Å². The minimum Gasteiger partial charge on any atom is -0.507 e. The van der Waals surface area contributed by atoms with Crippen molar-refractivity contribution in [2.45, 2.75) is 51.4 Å². The first kappa shape index (κ1) is 12.9. The van der Waals surface area contributed by atoms with E-state index < -0.39 is 0 Å². The van der Waals surface area contributed by atoms with E-state index in [1.165, 1.54) is 44.1 Å². The summed E-state index contributed by atoms with van der Waals surface area (Å²) in [5.41, 5.74) is 1.38. The standard InChI is InChI=1S/C15H21BrO/c1-2-3-11-4-6-12(7-5-11)13-8-9-15(17)14(16)10-13/h8-12,17H,2-7H2,1H3. The van der Waals surface area contributed by atoms with Crippen LogP contribution in [0.5, 0.6) is 5.75 Å². The number of rotatable bonds is 3. The van der Waals surface area contributed by atoms with Crippen LogP contribution in [-0.4, -0.2) is 5.11 Å². The Morgan fingerprint density at radius 3 is 2.53 bits per heavy atom. The molecular formula is C15H21BrO. The van der Waals surface area contributed by atoms with Crippen molar-refractivity contribution >= 4 is 15.9 Å². The van der Waals surface area contributed by atoms with Crippen LogP contribution in [-0.2, 0) is 0 Å². The van der Waals surface area contributed by atoms with E-state index in [0.29, 0.717) is 11.7 Å². The van der Waals surface area contributed by atoms with Crippen LogP contribution in [0.2, 0.25) is 0 Å². The van der Waals surface area contributed by atoms with Crippen molar-refractivity contribution in [1.29, 1.82) is 0 Å². The van der Waals surface area contributed by atoms with E-state index in [9.17, 15) is 5.11 Å². The molecule has 0 aromatic heterocycles. The normalized spacial score (nSPS) is 24.8. The minimum absolute atomic E-state index is 0.341. The highest BCUT2D eigenvalue weighted by Crippen LogP contribution is 2.39. The van der Waals surface area contributed by atoms with Gasteiger partial charge in [-0.3, -0.25) is 0 Å². The van der Waals surface area contributed by atoms with Gasteiger partial charge >= 0.3 is 0 Å². The van der Waals surface area contributed by atoms with E-state index in [2.05, 4.69) is 35.0 Å². The second kappa shape index (κ2) is 5.90. The lowest BCUT2D eigenvalue weighted by atomic mass is 9.77. The molecule has 94 valence electrons. The molecule has 1 aromatic carbocycles. The van der Waals surface area contributed by atoms with E-state index in [0.717, 1.165) is 10.4 Å². The summed E-state index contributed by atoms with van der Waals surface area (Å²) in [5, 5.41) is 9.51. The van der Waals surface area contributed by atoms with Crippen molar-refractivity contribution in [3.8, 4) is 5.75 Å². The highest BCUT2D eigenvalue weighted by Gasteiger charge is 2.22. The van der Waals surface area contributed by atoms with Crippen LogP contribution in [0.1, 0.15) is 56.9 Å². The predicted octanol–water partition coefficient (Wildman–Crippen LogP) is 5.23. The maximum Gasteiger partial charge on any atom is 0.129 e. The molecule has 1 aromatic rings. The van der Waals surface area contributed by atoms with Crippen molar-refractivity contribution in [1.82, 2.24) is 0 Å². The number of halogens is 1. The van der Waals surface area contributed by atoms with Gasteiger partial charge in [-0.1, -0.05) is 25.8 Å². The Kier molecular flexibility index (Phi) is 4.49. The van der Waals surface area contributed by atoms with Gasteiger partial charge in [-0.05, 0) is 71.1 Å². The topological polar surface area (TPSA) is 20.2 Å². The summed E-state index contributed by atoms with van der Waals surface area (Å²) >= 11 is 3.40. The fourth-order valence-electron chi connectivity index (χ4n) is 2.97. The SMILES string of the molecule is CCCC1CCC(c2ccc(O)c(Br)c2)CC1. The van der Waals surface area contributed by atoms with Gasteiger partial charge in [0.05, 0.1) is 4.47 Å². The highest BCUT2D eigenvalue weighted by molar-refractivity contribution is 9.10. The van der Waals surface area contributed by atoms with Gasteiger partial charge in [-0.25, -0.2) is 0 Å². The lowest BCUT2D eigenvalue weighted by Crippen LogP contribution is -2.13. The quantitative estimate of drug-likeness (QED) is 0.810. The summed E-state index contributed by atoms with van der Waals surface area (Å²) in [5.74, 6) is 1.99. The number of benzene rings is 1. The molecule has 0 saturated heterocycles. The molecule has 1 N–H and O–H groups in total. The van der Waals surface area contributed by atoms with Crippen molar-refractivity contribution in [3.63, 3.8) is 0 Å². The zero-order valence-electron chi connectivity index (χ0n) is 10.5. The smallest absolute Gasteiger partial charge is 0.129 e. The Balaban J connectivity index is 1.98. The van der Waals surface area contributed by atoms with Crippen molar-refractivity contribution in [3.05, 3.63) is 28.2 Å². The molecule has 0 radical (unpaired) electrons. The molecule has 2 rings (SSSR count). The summed E-state index contributed by atoms with van der Waals surface area (Å²) in [4.78, 5) is 0. The molecule has 0 heterocycles. The first-order valence-corrected chi connectivity index (χ1v) is 7.48. The second-order valence-electron chi connectivity index (χ2n) is 5.22. The lowest BCUT2D eigenvalue weighted by molar-refractivity contribution is 0.308. The van der Waals surface area contributed by atoms with E-state index in [1.54, 1.807) is 6.07 Å². The molecule has 1 aliphatic rings. The fraction of sp³-hybridized carbons (Fsp3) is 0.600. The predicted molar refractivity (Wildman–Crippen MR) is 75.4 cm³/mol. The molecule has 0 aliphatic heterocycles. The zero-order chi connectivity index (χ0) is 12.3. The minimum atomic E-state index is 0.341. The van der Waals surface area contributed by atoms with Gasteiger partial charge < -0.3 is 5.11 Å². The van der Waals surface area contributed by atoms with Crippen LogP contribution in [0.25, 0.3) is 0 Å². The van der Waals surface area contributed by atoms with Gasteiger partial charge in [-0.15, -0.1) is 0 Å². The molecule has 0 unspecified atom stereocenters. The van der Waals surface area contributed by atoms with Gasteiger partial charge in [-0.2, -0.15) is 0 Å². The number of hydrogen-bond donors (Lipinski definition) is 1. The Labute approximate surface area is 112 Å². The zero-order valence-corrected chi connectivity index (χ0v) is 12.0. The van der Waals surface area contributed by atoms with Crippen LogP contribution in [0.4, 0.5) is 0 Å². The molecular weight excluding hydrogens is 276 g/mol. The molecule has 1 aliphatic carbocycles. The number of phenols is 1. The van der Waals surface area contributed by atoms with Crippen molar-refractivity contribution < 1.29 is 5.11 Å². The number of aromatic hydroxyl groups is 1. The lowest BCUT2D eigenvalue weighted by Gasteiger charge is -2.28. The molecule has 0 spiro atoms. The third kappa shape index (κ3) is 3.25. The summed E-state index contributed by atoms with van der Waals surface area (Å²) in [6.45, 7) is 2.28. The first-order chi connectivity index (χ1) is 8.20. The Bertz CT molecular complexity index is 367. The van der Waals surface area contributed by atoms with Crippen LogP contribution < -0.4 is 0 Å². The fourth-order valence-corrected chi connectivity index (χ4v) is 3.37. The van der Waals surface area contributed by atoms with Gasteiger partial charge in [0.1, 0.15) is 5.75 Å². The van der Waals surface area contributed by atoms with Crippen LogP contribution in [0, 0.1) is 5.92 Å². The maximum atomic E-state index is 9.51. The van der Waals surface area contributed by atoms with Gasteiger partial charge in [0.2, 0.25) is 0 Å². The van der Waals surface area contributed by atoms with E-state index in [1.807, 2.05) is 0 Å². The number of hydrogen-bond acceptors (Lipinski definition) is 1. The molecule has 1 saturated carbocycles. The highest BCUT2D eigenvalue weighted by atomic mass is 79.9. The largest absolute Gasteiger partial charge is 0.507 e. The Morgan fingerprint density at radius 1 is 1.24 bits per heavy atom. The van der Waals surface area contributed by atoms with Gasteiger partial charge in [0.25, 0.3) is 0 Å². The Morgan fingerprint density at radius 2 is 1.94 bits per heavy atom. The van der Waals surface area contributed by atoms with Crippen molar-refractivity contribution in [2.75, 3.05) is 0 Å². The molecule has 2 heteroatoms. The maximum absolute atomic E-state index is 9.51. The monoisotopic (exact) mass is 296 g/mol. The third-order valence-electron chi connectivity index (χ3n) is 3.99. The van der Waals surface area contributed by atoms with E-state index in [4.69, 9.17) is 0 Å². The summed E-state index contributed by atoms with van der Waals surface area (Å²) in [6, 6.07) is 5.96. The third-order valence-corrected chi connectivity index (χ3v) is 4.62. The molecule has 1 fully saturated rings. The first-order valence-electron chi connectivity index (χ1n) is 6.69. The van der Waals surface area contributed by atoms with Gasteiger partial charge in [0.15, 0.2) is 0 Å². The summed E-state index contributed by atoms with van der Waals surface area (Å²) in [7, 11) is 0. The van der Waals surface area contributed by atoms with Gasteiger partial charge in [0, 0.05) is 0 Å². The second-order valence-corrected chi connectivity index (χ2v) is 6.07. The van der Waals surface area contributed by atoms with Crippen molar-refractivity contribution in [2.24, 2.45) is 5.92 Å². The molecule has 0 amide bonds. The van der Waals surface area contributed by atoms with E-state index >= 15 is 0 Å². The van der Waals surface area contributed by atoms with Crippen LogP contribution >= 0.6 is 15.9 Å². The molecule has 1 nitrogen and oxygen atoms in total.